The summed E-state index contributed by atoms with van der Waals surface area (Å²) in [7, 11) is 2.79. The van der Waals surface area contributed by atoms with Gasteiger partial charge in [0.1, 0.15) is 11.6 Å². The molecule has 1 heterocycles. The Kier molecular flexibility index (Phi) is 4.96. The van der Waals surface area contributed by atoms with Gasteiger partial charge in [0.2, 0.25) is 0 Å². The number of rotatable bonds is 5. The molecule has 0 spiro atoms. The molecule has 7 heteroatoms. The lowest BCUT2D eigenvalue weighted by atomic mass is 10.4. The molecule has 0 atom stereocenters. The Morgan fingerprint density at radius 3 is 2.76 bits per heavy atom. The van der Waals surface area contributed by atoms with Gasteiger partial charge in [0, 0.05) is 6.54 Å². The number of carbonyl (C=O) groups is 1. The molecule has 0 aliphatic carbocycles. The zero-order chi connectivity index (χ0) is 12.8. The topological polar surface area (TPSA) is 64.6 Å². The van der Waals surface area contributed by atoms with Crippen molar-refractivity contribution >= 4 is 23.4 Å². The number of nitrogens with zero attached hydrogens (tertiary/aromatic N) is 3. The van der Waals surface area contributed by atoms with E-state index in [4.69, 9.17) is 16.3 Å². The van der Waals surface area contributed by atoms with Gasteiger partial charge in [-0.1, -0.05) is 11.6 Å². The molecule has 17 heavy (non-hydrogen) atoms. The van der Waals surface area contributed by atoms with Gasteiger partial charge in [0.15, 0.2) is 5.82 Å². The standard InChI is InChI=1S/C10H14ClN3O3/c1-4-14(6-8(15)16-2)9-7(11)5-12-10(13-9)17-3/h5H,4,6H2,1-3H3. The van der Waals surface area contributed by atoms with Crippen LogP contribution in [0.4, 0.5) is 5.82 Å². The molecule has 0 bridgehead atoms. The molecular formula is C10H14ClN3O3. The molecule has 0 N–H and O–H groups in total. The van der Waals surface area contributed by atoms with Crippen LogP contribution in [-0.4, -0.2) is 43.2 Å². The van der Waals surface area contributed by atoms with Gasteiger partial charge < -0.3 is 14.4 Å². The molecule has 0 aromatic carbocycles. The fraction of sp³-hybridized carbons (Fsp3) is 0.500. The summed E-state index contributed by atoms with van der Waals surface area (Å²) in [5.41, 5.74) is 0. The first-order valence-electron chi connectivity index (χ1n) is 5.00. The van der Waals surface area contributed by atoms with E-state index < -0.39 is 0 Å². The summed E-state index contributed by atoms with van der Waals surface area (Å²) in [4.78, 5) is 20.9. The monoisotopic (exact) mass is 259 g/mol. The second kappa shape index (κ2) is 6.24. The van der Waals surface area contributed by atoms with E-state index >= 15 is 0 Å². The van der Waals surface area contributed by atoms with E-state index in [1.165, 1.54) is 20.4 Å². The third-order valence-electron chi connectivity index (χ3n) is 2.11. The van der Waals surface area contributed by atoms with Crippen LogP contribution in [-0.2, 0) is 9.53 Å². The van der Waals surface area contributed by atoms with Crippen LogP contribution in [0.5, 0.6) is 6.01 Å². The van der Waals surface area contributed by atoms with E-state index in [0.29, 0.717) is 17.4 Å². The summed E-state index contributed by atoms with van der Waals surface area (Å²) in [6.45, 7) is 2.52. The minimum absolute atomic E-state index is 0.0763. The Labute approximate surface area is 105 Å². The van der Waals surface area contributed by atoms with Crippen LogP contribution in [0.2, 0.25) is 5.02 Å². The summed E-state index contributed by atoms with van der Waals surface area (Å²) in [6, 6.07) is 0.202. The van der Waals surface area contributed by atoms with Crippen LogP contribution >= 0.6 is 11.6 Å². The highest BCUT2D eigenvalue weighted by molar-refractivity contribution is 6.32. The molecule has 0 aliphatic rings. The lowest BCUT2D eigenvalue weighted by molar-refractivity contribution is -0.138. The summed E-state index contributed by atoms with van der Waals surface area (Å²) in [5.74, 6) is 0.0897. The first kappa shape index (κ1) is 13.5. The third kappa shape index (κ3) is 3.45. The van der Waals surface area contributed by atoms with Crippen molar-refractivity contribution in [2.75, 3.05) is 32.2 Å². The summed E-state index contributed by atoms with van der Waals surface area (Å²) < 4.78 is 9.51. The van der Waals surface area contributed by atoms with Crippen molar-refractivity contribution in [2.45, 2.75) is 6.92 Å². The summed E-state index contributed by atoms with van der Waals surface area (Å²) in [5, 5.41) is 0.358. The van der Waals surface area contributed by atoms with Crippen LogP contribution in [0.3, 0.4) is 0 Å². The van der Waals surface area contributed by atoms with Gasteiger partial charge in [-0.15, -0.1) is 0 Å². The number of halogens is 1. The number of esters is 1. The minimum atomic E-state index is -0.361. The van der Waals surface area contributed by atoms with E-state index in [1.54, 1.807) is 4.90 Å². The zero-order valence-electron chi connectivity index (χ0n) is 9.94. The van der Waals surface area contributed by atoms with E-state index in [0.717, 1.165) is 0 Å². The molecule has 94 valence electrons. The lowest BCUT2D eigenvalue weighted by Crippen LogP contribution is -2.31. The highest BCUT2D eigenvalue weighted by Crippen LogP contribution is 2.24. The first-order valence-corrected chi connectivity index (χ1v) is 5.38. The number of carbonyl (C=O) groups excluding carboxylic acids is 1. The van der Waals surface area contributed by atoms with Crippen LogP contribution in [0.25, 0.3) is 0 Å². The maximum Gasteiger partial charge on any atom is 0.325 e. The Balaban J connectivity index is 2.97. The second-order valence-electron chi connectivity index (χ2n) is 3.12. The van der Waals surface area contributed by atoms with Crippen LogP contribution < -0.4 is 9.64 Å². The molecule has 0 saturated heterocycles. The van der Waals surface area contributed by atoms with E-state index in [-0.39, 0.29) is 18.5 Å². The Hall–Kier alpha value is -1.56. The molecule has 0 fully saturated rings. The maximum atomic E-state index is 11.2. The van der Waals surface area contributed by atoms with Crippen molar-refractivity contribution in [3.63, 3.8) is 0 Å². The Morgan fingerprint density at radius 2 is 2.24 bits per heavy atom. The highest BCUT2D eigenvalue weighted by atomic mass is 35.5. The minimum Gasteiger partial charge on any atom is -0.468 e. The fourth-order valence-corrected chi connectivity index (χ4v) is 1.43. The average Bonchev–Trinajstić information content (AvgIpc) is 2.36. The molecular weight excluding hydrogens is 246 g/mol. The largest absolute Gasteiger partial charge is 0.468 e. The second-order valence-corrected chi connectivity index (χ2v) is 3.53. The van der Waals surface area contributed by atoms with E-state index in [9.17, 15) is 4.79 Å². The lowest BCUT2D eigenvalue weighted by Gasteiger charge is -2.21. The summed E-state index contributed by atoms with van der Waals surface area (Å²) in [6.07, 6.45) is 1.43. The van der Waals surface area contributed by atoms with Crippen LogP contribution in [0.1, 0.15) is 6.92 Å². The number of aromatic nitrogens is 2. The number of methoxy groups -OCH3 is 2. The molecule has 0 radical (unpaired) electrons. The molecule has 6 nitrogen and oxygen atoms in total. The number of hydrogen-bond acceptors (Lipinski definition) is 6. The number of likely N-dealkylation sites (N-methyl/N-ethyl adjacent to an activating group) is 1. The van der Waals surface area contributed by atoms with Crippen molar-refractivity contribution in [3.05, 3.63) is 11.2 Å². The highest BCUT2D eigenvalue weighted by Gasteiger charge is 2.16. The van der Waals surface area contributed by atoms with Crippen molar-refractivity contribution in [1.29, 1.82) is 0 Å². The van der Waals surface area contributed by atoms with E-state index in [2.05, 4.69) is 14.7 Å². The van der Waals surface area contributed by atoms with Crippen LogP contribution in [0.15, 0.2) is 6.20 Å². The van der Waals surface area contributed by atoms with Gasteiger partial charge in [-0.2, -0.15) is 4.98 Å². The SMILES string of the molecule is CCN(CC(=O)OC)c1nc(OC)ncc1Cl. The molecule has 1 rings (SSSR count). The molecule has 0 amide bonds. The zero-order valence-corrected chi connectivity index (χ0v) is 10.7. The van der Waals surface area contributed by atoms with Gasteiger partial charge in [0.05, 0.1) is 20.4 Å². The molecule has 1 aromatic rings. The normalized spacial score (nSPS) is 9.88. The predicted molar refractivity (Wildman–Crippen MR) is 63.5 cm³/mol. The predicted octanol–water partition coefficient (Wildman–Crippen LogP) is 1.14. The molecule has 0 saturated carbocycles. The van der Waals surface area contributed by atoms with Crippen LogP contribution in [0, 0.1) is 0 Å². The molecule has 0 aliphatic heterocycles. The average molecular weight is 260 g/mol. The van der Waals surface area contributed by atoms with Crippen molar-refractivity contribution in [3.8, 4) is 6.01 Å². The van der Waals surface area contributed by atoms with E-state index in [1.807, 2.05) is 6.92 Å². The first-order chi connectivity index (χ1) is 8.12. The number of anilines is 1. The van der Waals surface area contributed by atoms with Gasteiger partial charge in [-0.3, -0.25) is 4.79 Å². The van der Waals surface area contributed by atoms with Crippen molar-refractivity contribution in [2.24, 2.45) is 0 Å². The van der Waals surface area contributed by atoms with Gasteiger partial charge in [-0.05, 0) is 6.92 Å². The molecule has 1 aromatic heterocycles. The van der Waals surface area contributed by atoms with Gasteiger partial charge in [0.25, 0.3) is 0 Å². The van der Waals surface area contributed by atoms with Crippen molar-refractivity contribution in [1.82, 2.24) is 9.97 Å². The smallest absolute Gasteiger partial charge is 0.325 e. The van der Waals surface area contributed by atoms with Crippen molar-refractivity contribution < 1.29 is 14.3 Å². The molecule has 0 unspecified atom stereocenters. The van der Waals surface area contributed by atoms with Gasteiger partial charge >= 0.3 is 12.0 Å². The Morgan fingerprint density at radius 1 is 1.53 bits per heavy atom. The fourth-order valence-electron chi connectivity index (χ4n) is 1.22. The number of ether oxygens (including phenoxy) is 2. The van der Waals surface area contributed by atoms with Gasteiger partial charge in [-0.25, -0.2) is 4.98 Å². The quantitative estimate of drug-likeness (QED) is 0.739. The third-order valence-corrected chi connectivity index (χ3v) is 2.38. The Bertz CT molecular complexity index is 400. The summed E-state index contributed by atoms with van der Waals surface area (Å²) >= 11 is 5.98. The number of hydrogen-bond donors (Lipinski definition) is 0. The maximum absolute atomic E-state index is 11.2.